The molecule has 23 heavy (non-hydrogen) atoms. The van der Waals surface area contributed by atoms with Gasteiger partial charge < -0.3 is 10.2 Å². The first kappa shape index (κ1) is 16.7. The van der Waals surface area contributed by atoms with Crippen LogP contribution in [0.15, 0.2) is 24.4 Å². The van der Waals surface area contributed by atoms with E-state index < -0.39 is 0 Å². The third-order valence-electron chi connectivity index (χ3n) is 5.27. The van der Waals surface area contributed by atoms with Crippen LogP contribution in [0.4, 0.5) is 0 Å². The Labute approximate surface area is 143 Å². The minimum absolute atomic E-state index is 0. The highest BCUT2D eigenvalue weighted by Gasteiger charge is 2.26. The lowest BCUT2D eigenvalue weighted by Gasteiger charge is -2.35. The summed E-state index contributed by atoms with van der Waals surface area (Å²) in [4.78, 5) is 2.66. The van der Waals surface area contributed by atoms with Crippen molar-refractivity contribution in [3.8, 4) is 0 Å². The summed E-state index contributed by atoms with van der Waals surface area (Å²) >= 11 is 0. The fourth-order valence-electron chi connectivity index (χ4n) is 3.94. The Balaban J connectivity index is 0.00000156. The molecular weight excluding hydrogens is 310 g/mol. The highest BCUT2D eigenvalue weighted by molar-refractivity contribution is 5.85. The first-order chi connectivity index (χ1) is 10.9. The van der Waals surface area contributed by atoms with E-state index in [4.69, 9.17) is 0 Å². The summed E-state index contributed by atoms with van der Waals surface area (Å²) in [6.45, 7) is 6.10. The van der Waals surface area contributed by atoms with Crippen molar-refractivity contribution < 1.29 is 0 Å². The second-order valence-corrected chi connectivity index (χ2v) is 6.76. The second-order valence-electron chi connectivity index (χ2n) is 6.76. The van der Waals surface area contributed by atoms with Crippen LogP contribution in [0.1, 0.15) is 37.4 Å². The lowest BCUT2D eigenvalue weighted by Crippen LogP contribution is -2.40. The molecular formula is C17H26ClN5. The van der Waals surface area contributed by atoms with Gasteiger partial charge in [-0.15, -0.1) is 22.6 Å². The van der Waals surface area contributed by atoms with Gasteiger partial charge in [0, 0.05) is 18.7 Å². The number of pyridine rings is 1. The number of nitrogens with zero attached hydrogens (tertiary/aromatic N) is 4. The molecule has 0 spiro atoms. The average molecular weight is 336 g/mol. The zero-order valence-electron chi connectivity index (χ0n) is 13.5. The first-order valence-electron chi connectivity index (χ1n) is 8.63. The van der Waals surface area contributed by atoms with Crippen LogP contribution in [-0.4, -0.2) is 52.2 Å². The van der Waals surface area contributed by atoms with Gasteiger partial charge in [0.2, 0.25) is 0 Å². The topological polar surface area (TPSA) is 45.5 Å². The van der Waals surface area contributed by atoms with E-state index in [0.29, 0.717) is 5.92 Å². The van der Waals surface area contributed by atoms with Crippen molar-refractivity contribution in [2.75, 3.05) is 32.7 Å². The van der Waals surface area contributed by atoms with E-state index in [-0.39, 0.29) is 12.4 Å². The van der Waals surface area contributed by atoms with E-state index in [9.17, 15) is 0 Å². The van der Waals surface area contributed by atoms with E-state index in [1.54, 1.807) is 0 Å². The smallest absolute Gasteiger partial charge is 0.160 e. The van der Waals surface area contributed by atoms with Crippen LogP contribution in [-0.2, 0) is 0 Å². The van der Waals surface area contributed by atoms with Crippen LogP contribution in [0.2, 0.25) is 0 Å². The normalized spacial score (nSPS) is 21.4. The average Bonchev–Trinajstić information content (AvgIpc) is 3.01. The predicted molar refractivity (Wildman–Crippen MR) is 94.2 cm³/mol. The lowest BCUT2D eigenvalue weighted by atomic mass is 9.93. The molecule has 0 aromatic carbocycles. The first-order valence-corrected chi connectivity index (χ1v) is 8.63. The Morgan fingerprint density at radius 2 is 1.83 bits per heavy atom. The molecule has 6 heteroatoms. The van der Waals surface area contributed by atoms with Crippen molar-refractivity contribution in [1.29, 1.82) is 0 Å². The number of nitrogens with one attached hydrogen (secondary N) is 1. The Kier molecular flexibility index (Phi) is 5.51. The fourth-order valence-corrected chi connectivity index (χ4v) is 3.94. The van der Waals surface area contributed by atoms with Crippen molar-refractivity contribution in [3.63, 3.8) is 0 Å². The molecule has 2 fully saturated rings. The molecule has 0 radical (unpaired) electrons. The maximum Gasteiger partial charge on any atom is 0.160 e. The number of hydrogen-bond acceptors (Lipinski definition) is 4. The van der Waals surface area contributed by atoms with Crippen LogP contribution in [0.3, 0.4) is 0 Å². The van der Waals surface area contributed by atoms with E-state index >= 15 is 0 Å². The van der Waals surface area contributed by atoms with E-state index in [2.05, 4.69) is 37.1 Å². The molecule has 126 valence electrons. The molecule has 5 nitrogen and oxygen atoms in total. The number of halogens is 1. The van der Waals surface area contributed by atoms with Crippen molar-refractivity contribution in [3.05, 3.63) is 30.2 Å². The van der Waals surface area contributed by atoms with Gasteiger partial charge in [0.05, 0.1) is 0 Å². The van der Waals surface area contributed by atoms with Crippen molar-refractivity contribution in [1.82, 2.24) is 24.8 Å². The van der Waals surface area contributed by atoms with Crippen molar-refractivity contribution in [2.24, 2.45) is 5.92 Å². The van der Waals surface area contributed by atoms with Gasteiger partial charge in [-0.3, -0.25) is 4.40 Å². The molecule has 0 saturated carbocycles. The second kappa shape index (κ2) is 7.60. The van der Waals surface area contributed by atoms with Gasteiger partial charge in [-0.05, 0) is 69.9 Å². The monoisotopic (exact) mass is 335 g/mol. The number of hydrogen-bond donors (Lipinski definition) is 1. The zero-order chi connectivity index (χ0) is 14.8. The third-order valence-corrected chi connectivity index (χ3v) is 5.27. The van der Waals surface area contributed by atoms with Gasteiger partial charge in [-0.25, -0.2) is 0 Å². The number of likely N-dealkylation sites (tertiary alicyclic amines) is 1. The summed E-state index contributed by atoms with van der Waals surface area (Å²) in [5, 5.41) is 12.2. The molecule has 4 heterocycles. The van der Waals surface area contributed by atoms with Gasteiger partial charge in [0.15, 0.2) is 5.65 Å². The maximum atomic E-state index is 4.45. The predicted octanol–water partition coefficient (Wildman–Crippen LogP) is 2.33. The molecule has 2 aromatic heterocycles. The Morgan fingerprint density at radius 1 is 1.04 bits per heavy atom. The molecule has 2 aliphatic heterocycles. The molecule has 2 aromatic rings. The van der Waals surface area contributed by atoms with Crippen LogP contribution < -0.4 is 5.32 Å². The summed E-state index contributed by atoms with van der Waals surface area (Å²) in [6, 6.07) is 6.12. The highest BCUT2D eigenvalue weighted by Crippen LogP contribution is 2.28. The van der Waals surface area contributed by atoms with Gasteiger partial charge in [-0.1, -0.05) is 6.07 Å². The fraction of sp³-hybridized carbons (Fsp3) is 0.647. The lowest BCUT2D eigenvalue weighted by molar-refractivity contribution is 0.165. The Morgan fingerprint density at radius 3 is 2.61 bits per heavy atom. The van der Waals surface area contributed by atoms with Crippen LogP contribution in [0, 0.1) is 5.92 Å². The van der Waals surface area contributed by atoms with Gasteiger partial charge in [0.25, 0.3) is 0 Å². The molecule has 4 rings (SSSR count). The largest absolute Gasteiger partial charge is 0.317 e. The highest BCUT2D eigenvalue weighted by atomic mass is 35.5. The number of aromatic nitrogens is 3. The minimum atomic E-state index is 0. The van der Waals surface area contributed by atoms with Crippen molar-refractivity contribution in [2.45, 2.75) is 31.6 Å². The summed E-state index contributed by atoms with van der Waals surface area (Å²) < 4.78 is 2.16. The molecule has 0 aliphatic carbocycles. The molecule has 0 atom stereocenters. The van der Waals surface area contributed by atoms with Gasteiger partial charge in [0.1, 0.15) is 5.82 Å². The molecule has 2 aliphatic rings. The summed E-state index contributed by atoms with van der Waals surface area (Å²) in [5.74, 6) is 2.60. The zero-order valence-corrected chi connectivity index (χ0v) is 14.3. The quantitative estimate of drug-likeness (QED) is 0.935. The Hall–Kier alpha value is -1.17. The van der Waals surface area contributed by atoms with Crippen LogP contribution in [0.25, 0.3) is 5.65 Å². The van der Waals surface area contributed by atoms with E-state index in [0.717, 1.165) is 17.4 Å². The summed E-state index contributed by atoms with van der Waals surface area (Å²) in [6.07, 6.45) is 7.19. The number of rotatable bonds is 3. The SMILES string of the molecule is Cl.c1ccn2c(C3CCN(CC4CCNCC4)CC3)nnc2c1. The minimum Gasteiger partial charge on any atom is -0.317 e. The molecule has 0 bridgehead atoms. The number of piperidine rings is 2. The Bertz CT molecular complexity index is 614. The standard InChI is InChI=1S/C17H25N5.ClH/c1-2-10-22-16(3-1)19-20-17(22)15-6-11-21(12-7-15)13-14-4-8-18-9-5-14;/h1-3,10,14-15,18H,4-9,11-13H2;1H. The molecule has 2 saturated heterocycles. The maximum absolute atomic E-state index is 4.45. The summed E-state index contributed by atoms with van der Waals surface area (Å²) in [7, 11) is 0. The van der Waals surface area contributed by atoms with E-state index in [1.165, 1.54) is 58.4 Å². The number of fused-ring (bicyclic) bond motifs is 1. The third kappa shape index (κ3) is 3.67. The van der Waals surface area contributed by atoms with Gasteiger partial charge >= 0.3 is 0 Å². The molecule has 0 amide bonds. The molecule has 1 N–H and O–H groups in total. The van der Waals surface area contributed by atoms with Gasteiger partial charge in [-0.2, -0.15) is 0 Å². The van der Waals surface area contributed by atoms with E-state index in [1.807, 2.05) is 12.1 Å². The molecule has 0 unspecified atom stereocenters. The summed E-state index contributed by atoms with van der Waals surface area (Å²) in [5.41, 5.74) is 0.967. The van der Waals surface area contributed by atoms with Crippen molar-refractivity contribution >= 4 is 18.1 Å². The van der Waals surface area contributed by atoms with Crippen LogP contribution in [0.5, 0.6) is 0 Å². The van der Waals surface area contributed by atoms with Crippen LogP contribution >= 0.6 is 12.4 Å².